The summed E-state index contributed by atoms with van der Waals surface area (Å²) < 4.78 is 5.82. The van der Waals surface area contributed by atoms with Gasteiger partial charge in [-0.25, -0.2) is 0 Å². The molecule has 0 bridgehead atoms. The van der Waals surface area contributed by atoms with Gasteiger partial charge in [0, 0.05) is 5.54 Å². The van der Waals surface area contributed by atoms with Crippen molar-refractivity contribution in [3.63, 3.8) is 0 Å². The molecule has 0 aliphatic heterocycles. The lowest BCUT2D eigenvalue weighted by Crippen LogP contribution is -2.17. The fourth-order valence-electron chi connectivity index (χ4n) is 2.76. The van der Waals surface area contributed by atoms with Crippen LogP contribution >= 0.6 is 0 Å². The average molecular weight is 320 g/mol. The van der Waals surface area contributed by atoms with Crippen molar-refractivity contribution >= 4 is 9.52 Å². The maximum Gasteiger partial charge on any atom is 0.160 e. The molecule has 3 rings (SSSR count). The number of benzene rings is 3. The van der Waals surface area contributed by atoms with E-state index >= 15 is 0 Å². The minimum Gasteiger partial charge on any atom is -0.504 e. The molecule has 3 heteroatoms. The first-order chi connectivity index (χ1) is 11.3. The third-order valence-electron chi connectivity index (χ3n) is 3.93. The molecule has 0 aromatic heterocycles. The fraction of sp³-hybridized carbons (Fsp3) is 0.100. The van der Waals surface area contributed by atoms with Crippen LogP contribution in [0.5, 0.6) is 11.5 Å². The standard InChI is InChI=1S/C20H20O2Si/c21-18-13-7-8-14-19(18)22-15-23-20(16-9-3-1-4-10-16)17-11-5-2-6-12-17/h1-14,20-21H,15,23H2. The Morgan fingerprint density at radius 3 is 1.83 bits per heavy atom. The van der Waals surface area contributed by atoms with Crippen LogP contribution in [0.3, 0.4) is 0 Å². The molecule has 23 heavy (non-hydrogen) atoms. The predicted molar refractivity (Wildman–Crippen MR) is 96.9 cm³/mol. The molecule has 0 spiro atoms. The topological polar surface area (TPSA) is 29.5 Å². The molecule has 0 saturated heterocycles. The minimum atomic E-state index is -0.564. The van der Waals surface area contributed by atoms with Crippen molar-refractivity contribution in [3.05, 3.63) is 96.1 Å². The Bertz CT molecular complexity index is 689. The van der Waals surface area contributed by atoms with Crippen molar-refractivity contribution in [1.82, 2.24) is 0 Å². The normalized spacial score (nSPS) is 11.2. The van der Waals surface area contributed by atoms with Crippen LogP contribution in [0.15, 0.2) is 84.9 Å². The predicted octanol–water partition coefficient (Wildman–Crippen LogP) is 3.69. The molecule has 0 heterocycles. The van der Waals surface area contributed by atoms with Crippen LogP contribution < -0.4 is 4.74 Å². The Balaban J connectivity index is 1.74. The van der Waals surface area contributed by atoms with E-state index in [9.17, 15) is 5.11 Å². The Hall–Kier alpha value is -2.52. The lowest BCUT2D eigenvalue weighted by Gasteiger charge is -2.18. The quantitative estimate of drug-likeness (QED) is 0.702. The maximum atomic E-state index is 9.80. The number of phenolic OH excluding ortho intramolecular Hbond substituents is 1. The van der Waals surface area contributed by atoms with Crippen LogP contribution in [-0.4, -0.2) is 20.9 Å². The van der Waals surface area contributed by atoms with E-state index in [2.05, 4.69) is 48.5 Å². The second-order valence-corrected chi connectivity index (χ2v) is 7.28. The van der Waals surface area contributed by atoms with Gasteiger partial charge < -0.3 is 9.84 Å². The highest BCUT2D eigenvalue weighted by molar-refractivity contribution is 6.39. The van der Waals surface area contributed by atoms with Gasteiger partial charge in [0.15, 0.2) is 11.5 Å². The maximum absolute atomic E-state index is 9.80. The first kappa shape index (κ1) is 15.4. The molecule has 2 nitrogen and oxygen atoms in total. The van der Waals surface area contributed by atoms with Crippen molar-refractivity contribution in [2.24, 2.45) is 0 Å². The summed E-state index contributed by atoms with van der Waals surface area (Å²) in [6, 6.07) is 28.3. The molecule has 0 radical (unpaired) electrons. The zero-order valence-corrected chi connectivity index (χ0v) is 14.3. The highest BCUT2D eigenvalue weighted by Gasteiger charge is 2.15. The summed E-state index contributed by atoms with van der Waals surface area (Å²) in [4.78, 5) is 0. The summed E-state index contributed by atoms with van der Waals surface area (Å²) in [5.74, 6) is 0.775. The van der Waals surface area contributed by atoms with E-state index in [1.807, 2.05) is 24.3 Å². The molecular weight excluding hydrogens is 300 g/mol. The Labute approximate surface area is 139 Å². The molecule has 1 N–H and O–H groups in total. The zero-order valence-electron chi connectivity index (χ0n) is 12.9. The average Bonchev–Trinajstić information content (AvgIpc) is 2.62. The van der Waals surface area contributed by atoms with Crippen molar-refractivity contribution < 1.29 is 9.84 Å². The highest BCUT2D eigenvalue weighted by atomic mass is 28.2. The van der Waals surface area contributed by atoms with Crippen LogP contribution in [-0.2, 0) is 0 Å². The van der Waals surface area contributed by atoms with Crippen LogP contribution in [0, 0.1) is 0 Å². The Morgan fingerprint density at radius 1 is 0.739 bits per heavy atom. The van der Waals surface area contributed by atoms with E-state index in [-0.39, 0.29) is 5.75 Å². The molecule has 3 aromatic carbocycles. The molecule has 0 aliphatic carbocycles. The smallest absolute Gasteiger partial charge is 0.160 e. The van der Waals surface area contributed by atoms with E-state index < -0.39 is 9.52 Å². The molecule has 0 saturated carbocycles. The summed E-state index contributed by atoms with van der Waals surface area (Å²) in [7, 11) is -0.564. The Kier molecular flexibility index (Phi) is 5.12. The Morgan fingerprint density at radius 2 is 1.26 bits per heavy atom. The number of ether oxygens (including phenoxy) is 1. The van der Waals surface area contributed by atoms with Gasteiger partial charge in [-0.15, -0.1) is 0 Å². The molecule has 0 aliphatic rings. The number of aromatic hydroxyl groups is 1. The van der Waals surface area contributed by atoms with Crippen molar-refractivity contribution in [1.29, 1.82) is 0 Å². The van der Waals surface area contributed by atoms with E-state index in [0.29, 0.717) is 17.5 Å². The van der Waals surface area contributed by atoms with Crippen LogP contribution in [0.4, 0.5) is 0 Å². The van der Waals surface area contributed by atoms with Crippen LogP contribution in [0.2, 0.25) is 0 Å². The van der Waals surface area contributed by atoms with Gasteiger partial charge in [-0.3, -0.25) is 0 Å². The molecule has 116 valence electrons. The SMILES string of the molecule is Oc1ccccc1OC[SiH2]C(c1ccccc1)c1ccccc1. The third-order valence-corrected chi connectivity index (χ3v) is 5.89. The van der Waals surface area contributed by atoms with E-state index in [0.717, 1.165) is 0 Å². The van der Waals surface area contributed by atoms with E-state index in [4.69, 9.17) is 4.74 Å². The number of rotatable bonds is 6. The fourth-order valence-corrected chi connectivity index (χ4v) is 4.55. The van der Waals surface area contributed by atoms with Gasteiger partial charge in [0.25, 0.3) is 0 Å². The van der Waals surface area contributed by atoms with Gasteiger partial charge in [0.1, 0.15) is 0 Å². The minimum absolute atomic E-state index is 0.206. The van der Waals surface area contributed by atoms with Gasteiger partial charge in [-0.1, -0.05) is 72.8 Å². The van der Waals surface area contributed by atoms with Gasteiger partial charge in [-0.2, -0.15) is 0 Å². The number of hydrogen-bond donors (Lipinski definition) is 1. The van der Waals surface area contributed by atoms with Crippen molar-refractivity contribution in [2.75, 3.05) is 6.23 Å². The third kappa shape index (κ3) is 4.02. The lowest BCUT2D eigenvalue weighted by molar-refractivity contribution is 0.351. The summed E-state index contributed by atoms with van der Waals surface area (Å²) in [5.41, 5.74) is 3.10. The first-order valence-corrected chi connectivity index (χ1v) is 9.67. The number of para-hydroxylation sites is 2. The lowest BCUT2D eigenvalue weighted by atomic mass is 10.0. The van der Waals surface area contributed by atoms with Gasteiger partial charge in [0.05, 0.1) is 15.7 Å². The second kappa shape index (κ2) is 7.65. The zero-order chi connectivity index (χ0) is 15.9. The summed E-state index contributed by atoms with van der Waals surface area (Å²) >= 11 is 0. The molecule has 0 atom stereocenters. The van der Waals surface area contributed by atoms with E-state index in [1.165, 1.54) is 11.1 Å². The molecule has 0 fully saturated rings. The van der Waals surface area contributed by atoms with Crippen molar-refractivity contribution in [2.45, 2.75) is 5.54 Å². The van der Waals surface area contributed by atoms with Gasteiger partial charge in [-0.05, 0) is 23.3 Å². The number of hydrogen-bond acceptors (Lipinski definition) is 2. The second-order valence-electron chi connectivity index (χ2n) is 5.48. The summed E-state index contributed by atoms with van der Waals surface area (Å²) in [6.07, 6.45) is 0.687. The summed E-state index contributed by atoms with van der Waals surface area (Å²) in [5, 5.41) is 9.80. The first-order valence-electron chi connectivity index (χ1n) is 7.85. The largest absolute Gasteiger partial charge is 0.504 e. The summed E-state index contributed by atoms with van der Waals surface area (Å²) in [6.45, 7) is 0. The van der Waals surface area contributed by atoms with Crippen molar-refractivity contribution in [3.8, 4) is 11.5 Å². The van der Waals surface area contributed by atoms with Gasteiger partial charge in [0.2, 0.25) is 0 Å². The monoisotopic (exact) mass is 320 g/mol. The van der Waals surface area contributed by atoms with Gasteiger partial charge >= 0.3 is 0 Å². The van der Waals surface area contributed by atoms with Crippen LogP contribution in [0.25, 0.3) is 0 Å². The van der Waals surface area contributed by atoms with E-state index in [1.54, 1.807) is 12.1 Å². The molecule has 0 unspecified atom stereocenters. The van der Waals surface area contributed by atoms with Crippen LogP contribution in [0.1, 0.15) is 16.7 Å². The highest BCUT2D eigenvalue weighted by Crippen LogP contribution is 2.26. The molecule has 0 amide bonds. The molecular formula is C20H20O2Si. The molecule has 3 aromatic rings. The number of phenols is 1.